The topological polar surface area (TPSA) is 130 Å². The fraction of sp³-hybridized carbons (Fsp3) is 0.769. The molecule has 0 bridgehead atoms. The second kappa shape index (κ2) is 8.58. The summed E-state index contributed by atoms with van der Waals surface area (Å²) in [6.07, 6.45) is -0.869. The van der Waals surface area contributed by atoms with E-state index in [-0.39, 0.29) is 24.7 Å². The Bertz CT molecular complexity index is 376. The van der Waals surface area contributed by atoms with Gasteiger partial charge in [-0.2, -0.15) is 0 Å². The van der Waals surface area contributed by atoms with Crippen molar-refractivity contribution in [1.82, 2.24) is 0 Å². The van der Waals surface area contributed by atoms with Crippen LogP contribution in [-0.2, 0) is 23.9 Å². The van der Waals surface area contributed by atoms with Crippen LogP contribution in [0, 0.1) is 5.92 Å². The van der Waals surface area contributed by atoms with Crippen LogP contribution >= 0.6 is 0 Å². The molecule has 0 saturated carbocycles. The number of carboxylic acids is 1. The summed E-state index contributed by atoms with van der Waals surface area (Å²) in [5.41, 5.74) is -1.43. The number of rotatable bonds is 2. The Morgan fingerprint density at radius 2 is 1.86 bits per heavy atom. The number of carboxylic acid groups (broad SMARTS) is 1. The third-order valence-electron chi connectivity index (χ3n) is 2.83. The van der Waals surface area contributed by atoms with Crippen molar-refractivity contribution in [1.29, 1.82) is 0 Å². The average molecular weight is 306 g/mol. The predicted octanol–water partition coefficient (Wildman–Crippen LogP) is -0.294. The molecule has 0 radical (unpaired) electrons. The van der Waals surface area contributed by atoms with Gasteiger partial charge < -0.3 is 24.8 Å². The normalized spacial score (nSPS) is 30.3. The van der Waals surface area contributed by atoms with Crippen LogP contribution in [0.3, 0.4) is 0 Å². The van der Waals surface area contributed by atoms with Crippen LogP contribution in [0.25, 0.3) is 0 Å². The van der Waals surface area contributed by atoms with Gasteiger partial charge in [0.15, 0.2) is 0 Å². The van der Waals surface area contributed by atoms with Crippen molar-refractivity contribution in [2.75, 3.05) is 13.7 Å². The highest BCUT2D eigenvalue weighted by Gasteiger charge is 2.39. The number of aliphatic hydroxyl groups excluding tert-OH is 1. The van der Waals surface area contributed by atoms with Crippen molar-refractivity contribution < 1.29 is 39.2 Å². The van der Waals surface area contributed by atoms with Gasteiger partial charge in [0, 0.05) is 13.5 Å². The van der Waals surface area contributed by atoms with Crippen molar-refractivity contribution in [3.63, 3.8) is 0 Å². The highest BCUT2D eigenvalue weighted by atomic mass is 16.6. The molecule has 0 aromatic carbocycles. The number of hydrogen-bond acceptors (Lipinski definition) is 7. The first-order chi connectivity index (χ1) is 9.72. The van der Waals surface area contributed by atoms with Crippen LogP contribution in [0.1, 0.15) is 33.1 Å². The number of aliphatic carboxylic acids is 1. The first kappa shape index (κ1) is 19.3. The van der Waals surface area contributed by atoms with E-state index in [1.807, 2.05) is 6.92 Å². The molecule has 8 nitrogen and oxygen atoms in total. The van der Waals surface area contributed by atoms with Gasteiger partial charge in [-0.25, -0.2) is 0 Å². The minimum Gasteiger partial charge on any atom is -0.481 e. The van der Waals surface area contributed by atoms with E-state index >= 15 is 0 Å². The van der Waals surface area contributed by atoms with Crippen LogP contribution in [0.15, 0.2) is 0 Å². The average Bonchev–Trinajstić information content (AvgIpc) is 2.36. The number of cyclic esters (lactones) is 2. The summed E-state index contributed by atoms with van der Waals surface area (Å²) >= 11 is 0. The molecule has 2 aliphatic rings. The number of carbonyl (C=O) groups is 3. The summed E-state index contributed by atoms with van der Waals surface area (Å²) in [5.74, 6) is -1.54. The van der Waals surface area contributed by atoms with Gasteiger partial charge in [0.1, 0.15) is 12.7 Å². The van der Waals surface area contributed by atoms with Crippen molar-refractivity contribution in [3.05, 3.63) is 0 Å². The Balaban J connectivity index is 0.000000416. The van der Waals surface area contributed by atoms with E-state index in [0.717, 1.165) is 7.11 Å². The van der Waals surface area contributed by atoms with Crippen LogP contribution in [0.4, 0.5) is 0 Å². The number of hydrogen-bond donors (Lipinski definition) is 3. The molecule has 0 aromatic heterocycles. The third-order valence-corrected chi connectivity index (χ3v) is 2.83. The molecule has 3 unspecified atom stereocenters. The second-order valence-electron chi connectivity index (χ2n) is 5.01. The molecule has 8 heteroatoms. The van der Waals surface area contributed by atoms with Gasteiger partial charge in [0.25, 0.3) is 0 Å². The van der Waals surface area contributed by atoms with Gasteiger partial charge in [-0.05, 0) is 13.8 Å². The SMILES string of the molecule is CC1CC(O)(CC(=O)O)CC(=O)O1.CC1COC1=O.CO. The summed E-state index contributed by atoms with van der Waals surface area (Å²) in [6.45, 7) is 4.11. The van der Waals surface area contributed by atoms with Gasteiger partial charge >= 0.3 is 17.9 Å². The highest BCUT2D eigenvalue weighted by Crippen LogP contribution is 2.28. The molecule has 2 saturated heterocycles. The van der Waals surface area contributed by atoms with E-state index in [0.29, 0.717) is 6.61 Å². The Morgan fingerprint density at radius 3 is 2.14 bits per heavy atom. The Kier molecular flexibility index (Phi) is 7.90. The summed E-state index contributed by atoms with van der Waals surface area (Å²) in [5, 5.41) is 25.2. The van der Waals surface area contributed by atoms with E-state index in [4.69, 9.17) is 14.9 Å². The van der Waals surface area contributed by atoms with Crippen LogP contribution < -0.4 is 0 Å². The zero-order chi connectivity index (χ0) is 16.6. The molecule has 3 atom stereocenters. The van der Waals surface area contributed by atoms with Crippen molar-refractivity contribution >= 4 is 17.9 Å². The fourth-order valence-corrected chi connectivity index (χ4v) is 1.92. The molecular weight excluding hydrogens is 284 g/mol. The van der Waals surface area contributed by atoms with Crippen molar-refractivity contribution in [3.8, 4) is 0 Å². The highest BCUT2D eigenvalue weighted by molar-refractivity contribution is 5.76. The molecular formula is C13H22O8. The fourth-order valence-electron chi connectivity index (χ4n) is 1.92. The molecule has 122 valence electrons. The van der Waals surface area contributed by atoms with Gasteiger partial charge in [-0.15, -0.1) is 0 Å². The first-order valence-electron chi connectivity index (χ1n) is 6.47. The number of esters is 2. The minimum atomic E-state index is -1.43. The van der Waals surface area contributed by atoms with E-state index in [1.54, 1.807) is 6.92 Å². The monoisotopic (exact) mass is 306 g/mol. The molecule has 21 heavy (non-hydrogen) atoms. The molecule has 3 N–H and O–H groups in total. The second-order valence-corrected chi connectivity index (χ2v) is 5.01. The zero-order valence-corrected chi connectivity index (χ0v) is 12.4. The first-order valence-corrected chi connectivity index (χ1v) is 6.47. The maximum Gasteiger partial charge on any atom is 0.312 e. The molecule has 2 rings (SSSR count). The summed E-state index contributed by atoms with van der Waals surface area (Å²) < 4.78 is 9.18. The number of carbonyl (C=O) groups excluding carboxylic acids is 2. The largest absolute Gasteiger partial charge is 0.481 e. The van der Waals surface area contributed by atoms with Gasteiger partial charge in [-0.3, -0.25) is 14.4 Å². The van der Waals surface area contributed by atoms with E-state index in [1.165, 1.54) is 0 Å². The predicted molar refractivity (Wildman–Crippen MR) is 70.3 cm³/mol. The lowest BCUT2D eigenvalue weighted by Gasteiger charge is -2.33. The molecule has 2 heterocycles. The smallest absolute Gasteiger partial charge is 0.312 e. The lowest BCUT2D eigenvalue weighted by molar-refractivity contribution is -0.172. The maximum atomic E-state index is 10.9. The third kappa shape index (κ3) is 7.05. The molecule has 0 aromatic rings. The lowest BCUT2D eigenvalue weighted by atomic mass is 9.87. The number of aliphatic hydroxyl groups is 2. The minimum absolute atomic E-state index is 0.0602. The molecule has 0 aliphatic carbocycles. The van der Waals surface area contributed by atoms with Crippen LogP contribution in [0.2, 0.25) is 0 Å². The Morgan fingerprint density at radius 1 is 1.33 bits per heavy atom. The van der Waals surface area contributed by atoms with Crippen molar-refractivity contribution in [2.45, 2.75) is 44.8 Å². The lowest BCUT2D eigenvalue weighted by Crippen LogP contribution is -2.43. The maximum absolute atomic E-state index is 10.9. The molecule has 2 fully saturated rings. The number of ether oxygens (including phenoxy) is 2. The molecule has 0 amide bonds. The Labute approximate surface area is 122 Å². The Hall–Kier alpha value is -1.67. The quantitative estimate of drug-likeness (QED) is 0.593. The molecule has 2 aliphatic heterocycles. The van der Waals surface area contributed by atoms with Crippen LogP contribution in [-0.4, -0.2) is 58.6 Å². The molecule has 0 spiro atoms. The summed E-state index contributed by atoms with van der Waals surface area (Å²) in [6, 6.07) is 0. The standard InChI is InChI=1S/C8H12O5.C4H6O2.CH4O/c1-5-2-8(12,3-6(9)10)4-7(11)13-5;1-3-2-6-4(3)5;1-2/h5,12H,2-4H2,1H3,(H,9,10);3H,2H2,1H3;2H,1H3. The van der Waals surface area contributed by atoms with Crippen LogP contribution in [0.5, 0.6) is 0 Å². The van der Waals surface area contributed by atoms with E-state index < -0.39 is 30.1 Å². The van der Waals surface area contributed by atoms with Gasteiger partial charge in [0.05, 0.1) is 24.4 Å². The van der Waals surface area contributed by atoms with Gasteiger partial charge in [0.2, 0.25) is 0 Å². The van der Waals surface area contributed by atoms with E-state index in [2.05, 4.69) is 4.74 Å². The van der Waals surface area contributed by atoms with Crippen molar-refractivity contribution in [2.24, 2.45) is 5.92 Å². The summed E-state index contributed by atoms with van der Waals surface area (Å²) in [7, 11) is 1.00. The van der Waals surface area contributed by atoms with E-state index in [9.17, 15) is 19.5 Å². The van der Waals surface area contributed by atoms with Gasteiger partial charge in [-0.1, -0.05) is 0 Å². The zero-order valence-electron chi connectivity index (χ0n) is 12.4. The summed E-state index contributed by atoms with van der Waals surface area (Å²) in [4.78, 5) is 31.3.